The molecule has 0 bridgehead atoms. The van der Waals surface area contributed by atoms with Gasteiger partial charge in [0, 0.05) is 23.2 Å². The molecule has 1 N–H and O–H groups in total. The van der Waals surface area contributed by atoms with Crippen molar-refractivity contribution in [1.29, 1.82) is 0 Å². The molecular formula is C15H16N2O4. The lowest BCUT2D eigenvalue weighted by Gasteiger charge is -2.06. The van der Waals surface area contributed by atoms with Crippen molar-refractivity contribution >= 4 is 22.6 Å². The van der Waals surface area contributed by atoms with E-state index >= 15 is 0 Å². The number of hydrazone groups is 1. The first kappa shape index (κ1) is 14.8. The first-order chi connectivity index (χ1) is 9.99. The molecule has 1 aromatic carbocycles. The first-order valence-corrected chi connectivity index (χ1v) is 6.40. The van der Waals surface area contributed by atoms with Crippen LogP contribution in [0.25, 0.3) is 11.0 Å². The van der Waals surface area contributed by atoms with Crippen molar-refractivity contribution in [3.63, 3.8) is 0 Å². The lowest BCUT2D eigenvalue weighted by Crippen LogP contribution is -2.21. The van der Waals surface area contributed by atoms with Crippen LogP contribution < -0.4 is 15.8 Å². The number of benzene rings is 1. The Kier molecular flexibility index (Phi) is 4.37. The molecule has 1 aromatic heterocycles. The molecule has 0 aliphatic rings. The van der Waals surface area contributed by atoms with Crippen LogP contribution in [0.1, 0.15) is 19.4 Å². The van der Waals surface area contributed by atoms with Gasteiger partial charge in [-0.1, -0.05) is 0 Å². The van der Waals surface area contributed by atoms with Crippen LogP contribution in [0, 0.1) is 0 Å². The van der Waals surface area contributed by atoms with Gasteiger partial charge in [0.15, 0.2) is 0 Å². The number of rotatable bonds is 4. The van der Waals surface area contributed by atoms with Gasteiger partial charge in [0.2, 0.25) is 5.91 Å². The Morgan fingerprint density at radius 3 is 2.76 bits per heavy atom. The molecular weight excluding hydrogens is 272 g/mol. The summed E-state index contributed by atoms with van der Waals surface area (Å²) in [6.07, 6.45) is 0.0468. The fourth-order valence-electron chi connectivity index (χ4n) is 1.87. The number of carbonyl (C=O) groups is 1. The van der Waals surface area contributed by atoms with E-state index in [1.165, 1.54) is 13.2 Å². The molecule has 6 nitrogen and oxygen atoms in total. The largest absolute Gasteiger partial charge is 0.497 e. The summed E-state index contributed by atoms with van der Waals surface area (Å²) in [6.45, 7) is 3.55. The van der Waals surface area contributed by atoms with E-state index in [1.54, 1.807) is 32.0 Å². The Morgan fingerprint density at radius 1 is 1.33 bits per heavy atom. The lowest BCUT2D eigenvalue weighted by molar-refractivity contribution is -0.120. The average molecular weight is 288 g/mol. The first-order valence-electron chi connectivity index (χ1n) is 6.40. The van der Waals surface area contributed by atoms with Gasteiger partial charge in [-0.05, 0) is 31.5 Å². The number of carbonyl (C=O) groups excluding carboxylic acids is 1. The molecule has 0 atom stereocenters. The molecule has 0 unspecified atom stereocenters. The van der Waals surface area contributed by atoms with Crippen LogP contribution in [0.15, 0.2) is 38.6 Å². The van der Waals surface area contributed by atoms with E-state index in [-0.39, 0.29) is 12.3 Å². The average Bonchev–Trinajstić information content (AvgIpc) is 2.44. The molecule has 0 fully saturated rings. The molecule has 0 spiro atoms. The SMILES string of the molecule is COc1ccc2c(CC(=O)NN=C(C)C)cc(=O)oc2c1. The molecule has 0 saturated carbocycles. The summed E-state index contributed by atoms with van der Waals surface area (Å²) in [5.41, 5.74) is 3.64. The van der Waals surface area contributed by atoms with E-state index in [2.05, 4.69) is 10.5 Å². The number of fused-ring (bicyclic) bond motifs is 1. The van der Waals surface area contributed by atoms with E-state index in [0.717, 1.165) is 5.71 Å². The topological polar surface area (TPSA) is 80.9 Å². The van der Waals surface area contributed by atoms with Crippen molar-refractivity contribution in [3.05, 3.63) is 40.2 Å². The van der Waals surface area contributed by atoms with E-state index in [4.69, 9.17) is 9.15 Å². The minimum absolute atomic E-state index is 0.0468. The Balaban J connectivity index is 2.37. The Labute approximate surface area is 121 Å². The van der Waals surface area contributed by atoms with Gasteiger partial charge >= 0.3 is 5.63 Å². The maximum absolute atomic E-state index is 11.8. The monoisotopic (exact) mass is 288 g/mol. The molecule has 0 aliphatic heterocycles. The molecule has 21 heavy (non-hydrogen) atoms. The summed E-state index contributed by atoms with van der Waals surface area (Å²) in [6, 6.07) is 6.44. The lowest BCUT2D eigenvalue weighted by atomic mass is 10.1. The third-order valence-corrected chi connectivity index (χ3v) is 2.79. The summed E-state index contributed by atoms with van der Waals surface area (Å²) in [5, 5.41) is 4.54. The fraction of sp³-hybridized carbons (Fsp3) is 0.267. The smallest absolute Gasteiger partial charge is 0.336 e. The van der Waals surface area contributed by atoms with Gasteiger partial charge in [-0.15, -0.1) is 0 Å². The number of nitrogens with zero attached hydrogens (tertiary/aromatic N) is 1. The molecule has 0 saturated heterocycles. The van der Waals surface area contributed by atoms with Crippen molar-refractivity contribution in [1.82, 2.24) is 5.43 Å². The number of ether oxygens (including phenoxy) is 1. The van der Waals surface area contributed by atoms with Crippen molar-refractivity contribution in [2.24, 2.45) is 5.10 Å². The molecule has 110 valence electrons. The van der Waals surface area contributed by atoms with Crippen LogP contribution in [0.2, 0.25) is 0 Å². The number of hydrogen-bond acceptors (Lipinski definition) is 5. The van der Waals surface area contributed by atoms with E-state index < -0.39 is 5.63 Å². The highest BCUT2D eigenvalue weighted by Gasteiger charge is 2.10. The van der Waals surface area contributed by atoms with Gasteiger partial charge in [0.05, 0.1) is 13.5 Å². The maximum Gasteiger partial charge on any atom is 0.336 e. The minimum atomic E-state index is -0.506. The van der Waals surface area contributed by atoms with Gasteiger partial charge in [-0.25, -0.2) is 10.2 Å². The van der Waals surface area contributed by atoms with E-state index in [9.17, 15) is 9.59 Å². The van der Waals surface area contributed by atoms with Gasteiger partial charge < -0.3 is 9.15 Å². The van der Waals surface area contributed by atoms with Crippen LogP contribution in [-0.2, 0) is 11.2 Å². The van der Waals surface area contributed by atoms with Crippen molar-refractivity contribution in [2.45, 2.75) is 20.3 Å². The summed E-state index contributed by atoms with van der Waals surface area (Å²) in [5.74, 6) is 0.289. The van der Waals surface area contributed by atoms with Gasteiger partial charge in [0.1, 0.15) is 11.3 Å². The third-order valence-electron chi connectivity index (χ3n) is 2.79. The van der Waals surface area contributed by atoms with Gasteiger partial charge in [-0.2, -0.15) is 5.10 Å². The van der Waals surface area contributed by atoms with Crippen LogP contribution in [0.5, 0.6) is 5.75 Å². The minimum Gasteiger partial charge on any atom is -0.497 e. The molecule has 2 rings (SSSR count). The van der Waals surface area contributed by atoms with Gasteiger partial charge in [0.25, 0.3) is 0 Å². The van der Waals surface area contributed by atoms with Crippen LogP contribution in [0.4, 0.5) is 0 Å². The molecule has 6 heteroatoms. The number of nitrogens with one attached hydrogen (secondary N) is 1. The third kappa shape index (κ3) is 3.68. The maximum atomic E-state index is 11.8. The molecule has 0 aliphatic carbocycles. The second-order valence-electron chi connectivity index (χ2n) is 4.72. The zero-order chi connectivity index (χ0) is 15.4. The van der Waals surface area contributed by atoms with E-state index in [0.29, 0.717) is 22.3 Å². The van der Waals surface area contributed by atoms with Crippen LogP contribution in [0.3, 0.4) is 0 Å². The zero-order valence-corrected chi connectivity index (χ0v) is 12.1. The Morgan fingerprint density at radius 2 is 2.10 bits per heavy atom. The number of hydrogen-bond donors (Lipinski definition) is 1. The summed E-state index contributed by atoms with van der Waals surface area (Å²) in [7, 11) is 1.53. The van der Waals surface area contributed by atoms with Crippen LogP contribution in [-0.4, -0.2) is 18.7 Å². The predicted molar refractivity (Wildman–Crippen MR) is 79.7 cm³/mol. The van der Waals surface area contributed by atoms with Crippen LogP contribution >= 0.6 is 0 Å². The number of amides is 1. The highest BCUT2D eigenvalue weighted by Crippen LogP contribution is 2.22. The predicted octanol–water partition coefficient (Wildman–Crippen LogP) is 1.86. The number of methoxy groups -OCH3 is 1. The zero-order valence-electron chi connectivity index (χ0n) is 12.1. The molecule has 1 heterocycles. The second kappa shape index (κ2) is 6.21. The van der Waals surface area contributed by atoms with Crippen molar-refractivity contribution in [2.75, 3.05) is 7.11 Å². The van der Waals surface area contributed by atoms with Crippen molar-refractivity contribution in [3.8, 4) is 5.75 Å². The van der Waals surface area contributed by atoms with Crippen molar-refractivity contribution < 1.29 is 13.9 Å². The summed E-state index contributed by atoms with van der Waals surface area (Å²) in [4.78, 5) is 23.4. The highest BCUT2D eigenvalue weighted by molar-refractivity contribution is 5.88. The molecule has 0 radical (unpaired) electrons. The standard InChI is InChI=1S/C15H16N2O4/c1-9(2)16-17-14(18)6-10-7-15(19)21-13-8-11(20-3)4-5-12(10)13/h4-5,7-8H,6H2,1-3H3,(H,17,18). The summed E-state index contributed by atoms with van der Waals surface area (Å²) < 4.78 is 10.2. The van der Waals surface area contributed by atoms with E-state index in [1.807, 2.05) is 0 Å². The normalized spacial score (nSPS) is 10.2. The highest BCUT2D eigenvalue weighted by atomic mass is 16.5. The second-order valence-corrected chi connectivity index (χ2v) is 4.72. The quantitative estimate of drug-likeness (QED) is 0.529. The molecule has 2 aromatic rings. The summed E-state index contributed by atoms with van der Waals surface area (Å²) >= 11 is 0. The molecule has 1 amide bonds. The Bertz CT molecular complexity index is 758. The fourth-order valence-corrected chi connectivity index (χ4v) is 1.87. The van der Waals surface area contributed by atoms with Gasteiger partial charge in [-0.3, -0.25) is 4.79 Å². The Hall–Kier alpha value is -2.63.